The molecule has 0 atom stereocenters. The van der Waals surface area contributed by atoms with E-state index in [-0.39, 0.29) is 0 Å². The van der Waals surface area contributed by atoms with Gasteiger partial charge in [0.05, 0.1) is 12.3 Å². The van der Waals surface area contributed by atoms with Gasteiger partial charge in [0.2, 0.25) is 0 Å². The Kier molecular flexibility index (Phi) is 6.07. The lowest BCUT2D eigenvalue weighted by atomic mass is 10.4. The van der Waals surface area contributed by atoms with Gasteiger partial charge < -0.3 is 15.0 Å². The summed E-state index contributed by atoms with van der Waals surface area (Å²) in [5.74, 6) is 0. The second-order valence-corrected chi connectivity index (χ2v) is 3.95. The highest BCUT2D eigenvalue weighted by Crippen LogP contribution is 1.92. The van der Waals surface area contributed by atoms with Gasteiger partial charge in [-0.25, -0.2) is 0 Å². The number of ether oxygens (including phenoxy) is 1. The fourth-order valence-corrected chi connectivity index (χ4v) is 1.40. The van der Waals surface area contributed by atoms with Crippen molar-refractivity contribution < 1.29 is 4.74 Å². The molecule has 0 aliphatic heterocycles. The lowest BCUT2D eigenvalue weighted by Crippen LogP contribution is -2.31. The minimum absolute atomic E-state index is 0.788. The van der Waals surface area contributed by atoms with Crippen molar-refractivity contribution in [1.82, 2.24) is 20.0 Å². The Morgan fingerprint density at radius 3 is 2.94 bits per heavy atom. The Morgan fingerprint density at radius 1 is 1.50 bits per heavy atom. The Hall–Kier alpha value is -0.910. The molecular weight excluding hydrogens is 204 g/mol. The normalized spacial score (nSPS) is 11.2. The SMILES string of the molecule is COCCN(C)CCNCc1ccn(C)n1. The molecule has 5 nitrogen and oxygen atoms in total. The number of nitrogens with one attached hydrogen (secondary N) is 1. The molecule has 92 valence electrons. The zero-order valence-corrected chi connectivity index (χ0v) is 10.4. The third-order valence-corrected chi connectivity index (χ3v) is 2.42. The van der Waals surface area contributed by atoms with Crippen molar-refractivity contribution in [3.05, 3.63) is 18.0 Å². The van der Waals surface area contributed by atoms with Crippen LogP contribution in [0.5, 0.6) is 0 Å². The van der Waals surface area contributed by atoms with Crippen LogP contribution in [0.4, 0.5) is 0 Å². The minimum Gasteiger partial charge on any atom is -0.383 e. The van der Waals surface area contributed by atoms with E-state index in [1.165, 1.54) is 0 Å². The van der Waals surface area contributed by atoms with Crippen LogP contribution < -0.4 is 5.32 Å². The van der Waals surface area contributed by atoms with Crippen LogP contribution in [-0.4, -0.2) is 55.1 Å². The molecule has 0 saturated heterocycles. The number of likely N-dealkylation sites (N-methyl/N-ethyl adjacent to an activating group) is 1. The Bertz CT molecular complexity index is 287. The fraction of sp³-hybridized carbons (Fsp3) is 0.727. The topological polar surface area (TPSA) is 42.3 Å². The smallest absolute Gasteiger partial charge is 0.0762 e. The maximum Gasteiger partial charge on any atom is 0.0762 e. The summed E-state index contributed by atoms with van der Waals surface area (Å²) < 4.78 is 6.84. The van der Waals surface area contributed by atoms with Crippen molar-refractivity contribution >= 4 is 0 Å². The summed E-state index contributed by atoms with van der Waals surface area (Å²) in [4.78, 5) is 2.24. The van der Waals surface area contributed by atoms with Gasteiger partial charge in [-0.05, 0) is 13.1 Å². The monoisotopic (exact) mass is 226 g/mol. The zero-order valence-electron chi connectivity index (χ0n) is 10.4. The van der Waals surface area contributed by atoms with Crippen LogP contribution in [0.25, 0.3) is 0 Å². The molecular formula is C11H22N4O. The number of methoxy groups -OCH3 is 1. The van der Waals surface area contributed by atoms with E-state index in [0.29, 0.717) is 0 Å². The van der Waals surface area contributed by atoms with Gasteiger partial charge in [-0.2, -0.15) is 5.10 Å². The molecule has 1 heterocycles. The standard InChI is InChI=1S/C11H22N4O/c1-14(8-9-16-3)7-5-12-10-11-4-6-15(2)13-11/h4,6,12H,5,7-10H2,1-3H3. The van der Waals surface area contributed by atoms with Gasteiger partial charge in [-0.1, -0.05) is 0 Å². The quantitative estimate of drug-likeness (QED) is 0.638. The number of aryl methyl sites for hydroxylation is 1. The zero-order chi connectivity index (χ0) is 11.8. The van der Waals surface area contributed by atoms with E-state index in [1.807, 2.05) is 24.0 Å². The molecule has 0 aliphatic carbocycles. The highest BCUT2D eigenvalue weighted by atomic mass is 16.5. The molecule has 0 saturated carbocycles. The van der Waals surface area contributed by atoms with Gasteiger partial charge in [-0.15, -0.1) is 0 Å². The number of hydrogen-bond donors (Lipinski definition) is 1. The first-order valence-electron chi connectivity index (χ1n) is 5.59. The summed E-state index contributed by atoms with van der Waals surface area (Å²) >= 11 is 0. The summed E-state index contributed by atoms with van der Waals surface area (Å²) in [5, 5.41) is 7.66. The Balaban J connectivity index is 2.03. The molecule has 0 unspecified atom stereocenters. The van der Waals surface area contributed by atoms with Gasteiger partial charge in [-0.3, -0.25) is 4.68 Å². The van der Waals surface area contributed by atoms with Crippen molar-refractivity contribution in [1.29, 1.82) is 0 Å². The second kappa shape index (κ2) is 7.38. The molecule has 0 aliphatic rings. The van der Waals surface area contributed by atoms with E-state index in [2.05, 4.69) is 22.4 Å². The van der Waals surface area contributed by atoms with Gasteiger partial charge >= 0.3 is 0 Å². The van der Waals surface area contributed by atoms with Crippen molar-refractivity contribution in [2.75, 3.05) is 40.4 Å². The van der Waals surface area contributed by atoms with Crippen LogP contribution in [0.3, 0.4) is 0 Å². The maximum atomic E-state index is 5.02. The number of aromatic nitrogens is 2. The number of hydrogen-bond acceptors (Lipinski definition) is 4. The predicted octanol–water partition coefficient (Wildman–Crippen LogP) is 0.0879. The van der Waals surface area contributed by atoms with Crippen LogP contribution >= 0.6 is 0 Å². The van der Waals surface area contributed by atoms with Crippen molar-refractivity contribution in [3.8, 4) is 0 Å². The largest absolute Gasteiger partial charge is 0.383 e. The molecule has 0 aromatic carbocycles. The first-order chi connectivity index (χ1) is 7.72. The third kappa shape index (κ3) is 5.25. The van der Waals surface area contributed by atoms with E-state index in [9.17, 15) is 0 Å². The van der Waals surface area contributed by atoms with Crippen LogP contribution in [0.1, 0.15) is 5.69 Å². The van der Waals surface area contributed by atoms with Crippen molar-refractivity contribution in [3.63, 3.8) is 0 Å². The highest BCUT2D eigenvalue weighted by molar-refractivity contribution is 4.97. The summed E-state index contributed by atoms with van der Waals surface area (Å²) in [5.41, 5.74) is 1.09. The average molecular weight is 226 g/mol. The van der Waals surface area contributed by atoms with Crippen molar-refractivity contribution in [2.24, 2.45) is 7.05 Å². The summed E-state index contributed by atoms with van der Waals surface area (Å²) in [6.07, 6.45) is 1.96. The fourth-order valence-electron chi connectivity index (χ4n) is 1.40. The highest BCUT2D eigenvalue weighted by Gasteiger charge is 1.98. The summed E-state index contributed by atoms with van der Waals surface area (Å²) in [7, 11) is 5.76. The third-order valence-electron chi connectivity index (χ3n) is 2.42. The molecule has 16 heavy (non-hydrogen) atoms. The summed E-state index contributed by atoms with van der Waals surface area (Å²) in [6, 6.07) is 2.03. The molecule has 0 radical (unpaired) electrons. The van der Waals surface area contributed by atoms with Crippen LogP contribution in [0.2, 0.25) is 0 Å². The molecule has 5 heteroatoms. The lowest BCUT2D eigenvalue weighted by Gasteiger charge is -2.15. The molecule has 0 bridgehead atoms. The number of rotatable bonds is 8. The van der Waals surface area contributed by atoms with E-state index >= 15 is 0 Å². The van der Waals surface area contributed by atoms with Crippen LogP contribution in [-0.2, 0) is 18.3 Å². The molecule has 1 aromatic rings. The second-order valence-electron chi connectivity index (χ2n) is 3.95. The molecule has 1 N–H and O–H groups in total. The van der Waals surface area contributed by atoms with Gasteiger partial charge in [0.25, 0.3) is 0 Å². The number of nitrogens with zero attached hydrogens (tertiary/aromatic N) is 3. The maximum absolute atomic E-state index is 5.02. The molecule has 0 fully saturated rings. The van der Waals surface area contributed by atoms with E-state index < -0.39 is 0 Å². The molecule has 1 aromatic heterocycles. The van der Waals surface area contributed by atoms with Gasteiger partial charge in [0, 0.05) is 46.5 Å². The van der Waals surface area contributed by atoms with E-state index in [4.69, 9.17) is 4.74 Å². The summed E-state index contributed by atoms with van der Waals surface area (Å²) in [6.45, 7) is 4.59. The predicted molar refractivity (Wildman–Crippen MR) is 64.3 cm³/mol. The Labute approximate surface area is 97.4 Å². The van der Waals surface area contributed by atoms with Crippen molar-refractivity contribution in [2.45, 2.75) is 6.54 Å². The first-order valence-corrected chi connectivity index (χ1v) is 5.59. The first kappa shape index (κ1) is 13.2. The van der Waals surface area contributed by atoms with E-state index in [0.717, 1.165) is 38.5 Å². The van der Waals surface area contributed by atoms with Gasteiger partial charge in [0.15, 0.2) is 0 Å². The van der Waals surface area contributed by atoms with Gasteiger partial charge in [0.1, 0.15) is 0 Å². The molecule has 0 spiro atoms. The molecule has 0 amide bonds. The lowest BCUT2D eigenvalue weighted by molar-refractivity contribution is 0.161. The minimum atomic E-state index is 0.788. The van der Waals surface area contributed by atoms with Crippen LogP contribution in [0, 0.1) is 0 Å². The van der Waals surface area contributed by atoms with E-state index in [1.54, 1.807) is 7.11 Å². The Morgan fingerprint density at radius 2 is 2.31 bits per heavy atom. The van der Waals surface area contributed by atoms with Crippen LogP contribution in [0.15, 0.2) is 12.3 Å². The average Bonchev–Trinajstić information content (AvgIpc) is 2.67. The molecule has 1 rings (SSSR count).